The van der Waals surface area contributed by atoms with Crippen molar-refractivity contribution in [3.63, 3.8) is 0 Å². The number of halogens is 2. The molecule has 0 unspecified atom stereocenters. The molecule has 0 fully saturated rings. The second-order valence-corrected chi connectivity index (χ2v) is 3.75. The van der Waals surface area contributed by atoms with Crippen LogP contribution < -0.4 is 5.32 Å². The van der Waals surface area contributed by atoms with E-state index in [0.29, 0.717) is 15.7 Å². The van der Waals surface area contributed by atoms with E-state index in [2.05, 4.69) is 21.2 Å². The van der Waals surface area contributed by atoms with Gasteiger partial charge in [-0.3, -0.25) is 0 Å². The Hall–Kier alpha value is -1.85. The molecular formula is C11H7BrFN3. The molecule has 0 aliphatic carbocycles. The van der Waals surface area contributed by atoms with Crippen molar-refractivity contribution in [2.45, 2.75) is 6.92 Å². The maximum Gasteiger partial charge on any atom is 0.145 e. The second-order valence-electron chi connectivity index (χ2n) is 2.96. The van der Waals surface area contributed by atoms with Crippen LogP contribution >= 0.6 is 15.9 Å². The van der Waals surface area contributed by atoms with Crippen LogP contribution in [-0.2, 0) is 0 Å². The molecule has 80 valence electrons. The summed E-state index contributed by atoms with van der Waals surface area (Å²) in [5, 5.41) is 19.8. The Morgan fingerprint density at radius 3 is 2.62 bits per heavy atom. The molecule has 1 rings (SSSR count). The van der Waals surface area contributed by atoms with Crippen molar-refractivity contribution in [3.8, 4) is 12.1 Å². The molecule has 0 amide bonds. The quantitative estimate of drug-likeness (QED) is 0.846. The van der Waals surface area contributed by atoms with Gasteiger partial charge in [-0.25, -0.2) is 4.39 Å². The number of allylic oxidation sites excluding steroid dienone is 1. The van der Waals surface area contributed by atoms with Crippen molar-refractivity contribution in [1.29, 1.82) is 10.5 Å². The van der Waals surface area contributed by atoms with Gasteiger partial charge in [0, 0.05) is 16.2 Å². The monoisotopic (exact) mass is 279 g/mol. The Bertz CT molecular complexity index is 507. The third kappa shape index (κ3) is 2.59. The first-order valence-corrected chi connectivity index (χ1v) is 5.11. The summed E-state index contributed by atoms with van der Waals surface area (Å²) in [4.78, 5) is 0. The van der Waals surface area contributed by atoms with Gasteiger partial charge in [0.1, 0.15) is 23.5 Å². The first kappa shape index (κ1) is 12.2. The van der Waals surface area contributed by atoms with Crippen LogP contribution in [0.25, 0.3) is 0 Å². The van der Waals surface area contributed by atoms with E-state index >= 15 is 0 Å². The number of nitriles is 2. The lowest BCUT2D eigenvalue weighted by Gasteiger charge is -2.07. The average Bonchev–Trinajstić information content (AvgIpc) is 2.30. The van der Waals surface area contributed by atoms with E-state index in [1.807, 2.05) is 0 Å². The molecule has 0 bridgehead atoms. The highest BCUT2D eigenvalue weighted by molar-refractivity contribution is 9.10. The topological polar surface area (TPSA) is 59.6 Å². The van der Waals surface area contributed by atoms with Gasteiger partial charge in [-0.15, -0.1) is 0 Å². The molecule has 0 aliphatic heterocycles. The zero-order valence-electron chi connectivity index (χ0n) is 8.38. The molecule has 0 heterocycles. The molecule has 1 aromatic rings. The lowest BCUT2D eigenvalue weighted by atomic mass is 10.2. The summed E-state index contributed by atoms with van der Waals surface area (Å²) in [6, 6.07) is 6.27. The maximum absolute atomic E-state index is 13.1. The van der Waals surface area contributed by atoms with Gasteiger partial charge in [-0.05, 0) is 35.0 Å². The van der Waals surface area contributed by atoms with Crippen molar-refractivity contribution in [3.05, 3.63) is 39.8 Å². The summed E-state index contributed by atoms with van der Waals surface area (Å²) in [6.07, 6.45) is 1.28. The fourth-order valence-corrected chi connectivity index (χ4v) is 1.45. The van der Waals surface area contributed by atoms with Gasteiger partial charge >= 0.3 is 0 Å². The van der Waals surface area contributed by atoms with Crippen LogP contribution in [0.5, 0.6) is 0 Å². The first-order valence-electron chi connectivity index (χ1n) is 4.31. The van der Waals surface area contributed by atoms with E-state index in [1.165, 1.54) is 18.3 Å². The zero-order chi connectivity index (χ0) is 12.1. The summed E-state index contributed by atoms with van der Waals surface area (Å²) in [7, 11) is 0. The van der Waals surface area contributed by atoms with Crippen LogP contribution in [0.3, 0.4) is 0 Å². The predicted molar refractivity (Wildman–Crippen MR) is 61.8 cm³/mol. The predicted octanol–water partition coefficient (Wildman–Crippen LogP) is 3.24. The number of nitrogens with zero attached hydrogens (tertiary/aromatic N) is 2. The smallest absolute Gasteiger partial charge is 0.145 e. The third-order valence-corrected chi connectivity index (χ3v) is 2.96. The fraction of sp³-hybridized carbons (Fsp3) is 0.0909. The SMILES string of the molecule is Cc1c(F)ccc(NC=C(C#N)C#N)c1Br. The van der Waals surface area contributed by atoms with Gasteiger partial charge in [0.15, 0.2) is 0 Å². The van der Waals surface area contributed by atoms with Gasteiger partial charge in [0.2, 0.25) is 0 Å². The Kier molecular flexibility index (Phi) is 4.04. The highest BCUT2D eigenvalue weighted by atomic mass is 79.9. The van der Waals surface area contributed by atoms with Crippen LogP contribution in [0.2, 0.25) is 0 Å². The minimum atomic E-state index is -0.317. The van der Waals surface area contributed by atoms with E-state index in [1.54, 1.807) is 19.1 Å². The Morgan fingerprint density at radius 1 is 1.44 bits per heavy atom. The fourth-order valence-electron chi connectivity index (χ4n) is 1.01. The standard InChI is InChI=1S/C11H7BrFN3/c1-7-9(13)2-3-10(11(7)12)16-6-8(4-14)5-15/h2-3,6,16H,1H3. The highest BCUT2D eigenvalue weighted by Gasteiger charge is 2.06. The van der Waals surface area contributed by atoms with Gasteiger partial charge in [-0.1, -0.05) is 0 Å². The van der Waals surface area contributed by atoms with Crippen molar-refractivity contribution in [2.75, 3.05) is 5.32 Å². The van der Waals surface area contributed by atoms with Crippen molar-refractivity contribution >= 4 is 21.6 Å². The molecule has 5 heteroatoms. The number of benzene rings is 1. The summed E-state index contributed by atoms with van der Waals surface area (Å²) >= 11 is 3.23. The summed E-state index contributed by atoms with van der Waals surface area (Å²) in [5.41, 5.74) is 1.02. The van der Waals surface area contributed by atoms with E-state index in [-0.39, 0.29) is 11.4 Å². The molecule has 16 heavy (non-hydrogen) atoms. The average molecular weight is 280 g/mol. The normalized spacial score (nSPS) is 8.81. The Balaban J connectivity index is 3.02. The van der Waals surface area contributed by atoms with Crippen LogP contribution in [0, 0.1) is 35.4 Å². The maximum atomic E-state index is 13.1. The molecule has 0 aliphatic rings. The lowest BCUT2D eigenvalue weighted by molar-refractivity contribution is 0.617. The number of rotatable bonds is 2. The third-order valence-electron chi connectivity index (χ3n) is 1.93. The van der Waals surface area contributed by atoms with E-state index in [0.717, 1.165) is 0 Å². The largest absolute Gasteiger partial charge is 0.359 e. The molecule has 0 radical (unpaired) electrons. The summed E-state index contributed by atoms with van der Waals surface area (Å²) in [6.45, 7) is 1.63. The van der Waals surface area contributed by atoms with Crippen molar-refractivity contribution < 1.29 is 4.39 Å². The van der Waals surface area contributed by atoms with E-state index < -0.39 is 0 Å². The molecule has 1 N–H and O–H groups in total. The minimum absolute atomic E-state index is 0.0473. The van der Waals surface area contributed by atoms with Gasteiger partial charge < -0.3 is 5.32 Å². The van der Waals surface area contributed by atoms with Crippen LogP contribution in [0.4, 0.5) is 10.1 Å². The molecule has 0 aromatic heterocycles. The van der Waals surface area contributed by atoms with Gasteiger partial charge in [0.25, 0.3) is 0 Å². The lowest BCUT2D eigenvalue weighted by Crippen LogP contribution is -1.94. The van der Waals surface area contributed by atoms with Gasteiger partial charge in [0.05, 0.1) is 5.69 Å². The van der Waals surface area contributed by atoms with Crippen LogP contribution in [-0.4, -0.2) is 0 Å². The molecule has 0 atom stereocenters. The van der Waals surface area contributed by atoms with Crippen LogP contribution in [0.1, 0.15) is 5.56 Å². The van der Waals surface area contributed by atoms with Crippen LogP contribution in [0.15, 0.2) is 28.4 Å². The zero-order valence-corrected chi connectivity index (χ0v) is 9.97. The molecule has 3 nitrogen and oxygen atoms in total. The molecule has 0 saturated carbocycles. The molecule has 0 spiro atoms. The van der Waals surface area contributed by atoms with Gasteiger partial charge in [-0.2, -0.15) is 10.5 Å². The van der Waals surface area contributed by atoms with Crippen molar-refractivity contribution in [2.24, 2.45) is 0 Å². The van der Waals surface area contributed by atoms with E-state index in [4.69, 9.17) is 10.5 Å². The number of anilines is 1. The first-order chi connectivity index (χ1) is 7.60. The highest BCUT2D eigenvalue weighted by Crippen LogP contribution is 2.27. The Morgan fingerprint density at radius 2 is 2.06 bits per heavy atom. The van der Waals surface area contributed by atoms with E-state index in [9.17, 15) is 4.39 Å². The molecule has 1 aromatic carbocycles. The molecular weight excluding hydrogens is 273 g/mol. The minimum Gasteiger partial charge on any atom is -0.359 e. The summed E-state index contributed by atoms with van der Waals surface area (Å²) < 4.78 is 13.7. The second kappa shape index (κ2) is 5.29. The van der Waals surface area contributed by atoms with Crippen molar-refractivity contribution in [1.82, 2.24) is 0 Å². The Labute approximate surface area is 101 Å². The molecule has 0 saturated heterocycles. The number of nitrogens with one attached hydrogen (secondary N) is 1. The number of hydrogen-bond acceptors (Lipinski definition) is 3. The number of hydrogen-bond donors (Lipinski definition) is 1. The summed E-state index contributed by atoms with van der Waals surface area (Å²) in [5.74, 6) is -0.317.